The number of benzene rings is 1. The molecule has 0 saturated carbocycles. The highest BCUT2D eigenvalue weighted by molar-refractivity contribution is 5.97. The fourth-order valence-corrected chi connectivity index (χ4v) is 1.70. The van der Waals surface area contributed by atoms with Gasteiger partial charge in [0.2, 0.25) is 5.91 Å². The minimum absolute atomic E-state index is 0.182. The molecule has 0 spiro atoms. The Morgan fingerprint density at radius 1 is 1.20 bits per heavy atom. The van der Waals surface area contributed by atoms with Crippen molar-refractivity contribution in [2.75, 3.05) is 6.54 Å². The number of hydrogen-bond acceptors (Lipinski definition) is 4. The predicted octanol–water partition coefficient (Wildman–Crippen LogP) is 0.266. The summed E-state index contributed by atoms with van der Waals surface area (Å²) in [5, 5.41) is 9.29. The zero-order valence-corrected chi connectivity index (χ0v) is 10.8. The van der Waals surface area contributed by atoms with Gasteiger partial charge in [-0.2, -0.15) is 5.10 Å². The maximum atomic E-state index is 11.8. The molecule has 2 amide bonds. The van der Waals surface area contributed by atoms with Gasteiger partial charge in [-0.25, -0.2) is 4.98 Å². The monoisotopic (exact) mass is 273 g/mol. The van der Waals surface area contributed by atoms with Crippen molar-refractivity contribution in [1.29, 1.82) is 0 Å². The molecule has 1 aromatic carbocycles. The minimum Gasteiger partial charge on any atom is -0.366 e. The Kier molecular flexibility index (Phi) is 4.43. The van der Waals surface area contributed by atoms with Crippen molar-refractivity contribution in [3.8, 4) is 0 Å². The number of rotatable bonds is 6. The second-order valence-electron chi connectivity index (χ2n) is 4.23. The number of nitrogens with one attached hydrogen (secondary N) is 2. The predicted molar refractivity (Wildman–Crippen MR) is 72.0 cm³/mol. The Labute approximate surface area is 115 Å². The van der Waals surface area contributed by atoms with E-state index in [0.29, 0.717) is 17.7 Å². The molecule has 0 atom stereocenters. The van der Waals surface area contributed by atoms with E-state index in [0.717, 1.165) is 18.7 Å². The molecule has 0 unspecified atom stereocenters. The minimum atomic E-state index is -0.510. The van der Waals surface area contributed by atoms with Crippen molar-refractivity contribution in [1.82, 2.24) is 20.5 Å². The normalized spacial score (nSPS) is 10.2. The lowest BCUT2D eigenvalue weighted by Crippen LogP contribution is -2.25. The van der Waals surface area contributed by atoms with Crippen molar-refractivity contribution >= 4 is 11.8 Å². The lowest BCUT2D eigenvalue weighted by molar-refractivity contribution is 0.0950. The van der Waals surface area contributed by atoms with Gasteiger partial charge in [0, 0.05) is 24.1 Å². The number of amides is 2. The van der Waals surface area contributed by atoms with Crippen LogP contribution in [0.4, 0.5) is 0 Å². The number of carbonyl (C=O) groups is 2. The van der Waals surface area contributed by atoms with E-state index in [4.69, 9.17) is 5.73 Å². The Hall–Kier alpha value is -2.70. The largest absolute Gasteiger partial charge is 0.366 e. The third kappa shape index (κ3) is 3.64. The van der Waals surface area contributed by atoms with Crippen LogP contribution >= 0.6 is 0 Å². The van der Waals surface area contributed by atoms with E-state index >= 15 is 0 Å². The zero-order valence-electron chi connectivity index (χ0n) is 10.8. The molecule has 7 nitrogen and oxygen atoms in total. The second kappa shape index (κ2) is 6.46. The topological polar surface area (TPSA) is 114 Å². The number of carbonyl (C=O) groups excluding carboxylic acids is 2. The van der Waals surface area contributed by atoms with E-state index in [9.17, 15) is 9.59 Å². The summed E-state index contributed by atoms with van der Waals surface area (Å²) in [4.78, 5) is 26.7. The number of hydrogen-bond donors (Lipinski definition) is 3. The molecule has 1 aromatic heterocycles. The molecule has 0 bridgehead atoms. The molecular weight excluding hydrogens is 258 g/mol. The SMILES string of the molecule is NC(=O)c1ccc(C(=O)NCCCc2ncn[nH]2)cc1. The van der Waals surface area contributed by atoms with Gasteiger partial charge in [0.1, 0.15) is 12.2 Å². The van der Waals surface area contributed by atoms with Gasteiger partial charge in [-0.15, -0.1) is 0 Å². The summed E-state index contributed by atoms with van der Waals surface area (Å²) >= 11 is 0. The quantitative estimate of drug-likeness (QED) is 0.655. The first-order valence-corrected chi connectivity index (χ1v) is 6.19. The molecule has 104 valence electrons. The van der Waals surface area contributed by atoms with Crippen molar-refractivity contribution in [3.63, 3.8) is 0 Å². The van der Waals surface area contributed by atoms with Crippen LogP contribution < -0.4 is 11.1 Å². The number of nitrogens with zero attached hydrogens (tertiary/aromatic N) is 2. The number of aromatic nitrogens is 3. The van der Waals surface area contributed by atoms with Gasteiger partial charge in [0.25, 0.3) is 5.91 Å². The van der Waals surface area contributed by atoms with Gasteiger partial charge in [-0.3, -0.25) is 14.7 Å². The molecular formula is C13H15N5O2. The first kappa shape index (κ1) is 13.7. The third-order valence-corrected chi connectivity index (χ3v) is 2.77. The van der Waals surface area contributed by atoms with E-state index in [1.54, 1.807) is 12.1 Å². The van der Waals surface area contributed by atoms with Crippen LogP contribution in [0.15, 0.2) is 30.6 Å². The van der Waals surface area contributed by atoms with Crippen LogP contribution in [0.2, 0.25) is 0 Å². The summed E-state index contributed by atoms with van der Waals surface area (Å²) in [6.45, 7) is 0.539. The fourth-order valence-electron chi connectivity index (χ4n) is 1.70. The van der Waals surface area contributed by atoms with Gasteiger partial charge < -0.3 is 11.1 Å². The molecule has 4 N–H and O–H groups in total. The molecule has 7 heteroatoms. The molecule has 0 saturated heterocycles. The number of aromatic amines is 1. The first-order chi connectivity index (χ1) is 9.66. The van der Waals surface area contributed by atoms with Crippen LogP contribution in [-0.2, 0) is 6.42 Å². The average Bonchev–Trinajstić information content (AvgIpc) is 2.96. The van der Waals surface area contributed by atoms with Crippen molar-refractivity contribution in [2.24, 2.45) is 5.73 Å². The van der Waals surface area contributed by atoms with Crippen molar-refractivity contribution < 1.29 is 9.59 Å². The summed E-state index contributed by atoms with van der Waals surface area (Å²) in [5.74, 6) is 0.104. The molecule has 2 rings (SSSR count). The second-order valence-corrected chi connectivity index (χ2v) is 4.23. The Balaban J connectivity index is 1.78. The Bertz CT molecular complexity index is 577. The standard InChI is InChI=1S/C13H15N5O2/c14-12(19)9-3-5-10(6-4-9)13(20)15-7-1-2-11-16-8-17-18-11/h3-6,8H,1-2,7H2,(H2,14,19)(H,15,20)(H,16,17,18). The van der Waals surface area contributed by atoms with Crippen molar-refractivity contribution in [2.45, 2.75) is 12.8 Å². The number of H-pyrrole nitrogens is 1. The lowest BCUT2D eigenvalue weighted by Gasteiger charge is -2.05. The van der Waals surface area contributed by atoms with Gasteiger partial charge >= 0.3 is 0 Å². The van der Waals surface area contributed by atoms with Crippen LogP contribution in [0.25, 0.3) is 0 Å². The third-order valence-electron chi connectivity index (χ3n) is 2.77. The highest BCUT2D eigenvalue weighted by Crippen LogP contribution is 2.04. The van der Waals surface area contributed by atoms with Crippen LogP contribution in [0.5, 0.6) is 0 Å². The molecule has 0 fully saturated rings. The zero-order chi connectivity index (χ0) is 14.4. The molecule has 2 aromatic rings. The average molecular weight is 273 g/mol. The molecule has 0 radical (unpaired) electrons. The molecule has 0 aliphatic rings. The van der Waals surface area contributed by atoms with Crippen LogP contribution in [0.3, 0.4) is 0 Å². The number of primary amides is 1. The Morgan fingerprint density at radius 3 is 2.50 bits per heavy atom. The highest BCUT2D eigenvalue weighted by atomic mass is 16.2. The first-order valence-electron chi connectivity index (χ1n) is 6.19. The number of aryl methyl sites for hydroxylation is 1. The number of nitrogens with two attached hydrogens (primary N) is 1. The van der Waals surface area contributed by atoms with Gasteiger partial charge in [0.05, 0.1) is 0 Å². The smallest absolute Gasteiger partial charge is 0.251 e. The van der Waals surface area contributed by atoms with Gasteiger partial charge in [0.15, 0.2) is 0 Å². The summed E-state index contributed by atoms with van der Waals surface area (Å²) in [7, 11) is 0. The fraction of sp³-hybridized carbons (Fsp3) is 0.231. The summed E-state index contributed by atoms with van der Waals surface area (Å²) < 4.78 is 0. The molecule has 0 aliphatic carbocycles. The van der Waals surface area contributed by atoms with E-state index < -0.39 is 5.91 Å². The summed E-state index contributed by atoms with van der Waals surface area (Å²) in [5.41, 5.74) is 6.01. The Morgan fingerprint density at radius 2 is 1.90 bits per heavy atom. The van der Waals surface area contributed by atoms with E-state index in [-0.39, 0.29) is 5.91 Å². The van der Waals surface area contributed by atoms with Crippen LogP contribution in [-0.4, -0.2) is 33.5 Å². The van der Waals surface area contributed by atoms with E-state index in [2.05, 4.69) is 20.5 Å². The maximum Gasteiger partial charge on any atom is 0.251 e. The lowest BCUT2D eigenvalue weighted by atomic mass is 10.1. The summed E-state index contributed by atoms with van der Waals surface area (Å²) in [6.07, 6.45) is 2.94. The van der Waals surface area contributed by atoms with E-state index in [1.807, 2.05) is 0 Å². The molecule has 0 aliphatic heterocycles. The van der Waals surface area contributed by atoms with Crippen LogP contribution in [0.1, 0.15) is 33.0 Å². The maximum absolute atomic E-state index is 11.8. The van der Waals surface area contributed by atoms with Gasteiger partial charge in [-0.05, 0) is 30.7 Å². The van der Waals surface area contributed by atoms with Gasteiger partial charge in [-0.1, -0.05) is 0 Å². The van der Waals surface area contributed by atoms with Crippen molar-refractivity contribution in [3.05, 3.63) is 47.5 Å². The molecule has 20 heavy (non-hydrogen) atoms. The van der Waals surface area contributed by atoms with Crippen LogP contribution in [0, 0.1) is 0 Å². The molecule has 1 heterocycles. The summed E-state index contributed by atoms with van der Waals surface area (Å²) in [6, 6.07) is 6.22. The highest BCUT2D eigenvalue weighted by Gasteiger charge is 2.06. The van der Waals surface area contributed by atoms with E-state index in [1.165, 1.54) is 18.5 Å².